The lowest BCUT2D eigenvalue weighted by Gasteiger charge is -2.13. The maximum absolute atomic E-state index is 12.3. The van der Waals surface area contributed by atoms with Gasteiger partial charge in [0.1, 0.15) is 11.9 Å². The van der Waals surface area contributed by atoms with Crippen molar-refractivity contribution < 1.29 is 22.7 Å². The number of ether oxygens (including phenoxy) is 1. The van der Waals surface area contributed by atoms with Crippen molar-refractivity contribution in [3.05, 3.63) is 17.5 Å². The van der Waals surface area contributed by atoms with Crippen molar-refractivity contribution in [1.82, 2.24) is 9.78 Å². The number of rotatable bonds is 4. The average Bonchev–Trinajstić information content (AvgIpc) is 2.61. The van der Waals surface area contributed by atoms with Crippen molar-refractivity contribution >= 4 is 6.29 Å². The fourth-order valence-corrected chi connectivity index (χ4v) is 1.24. The van der Waals surface area contributed by atoms with Gasteiger partial charge in [-0.3, -0.25) is 4.79 Å². The maximum atomic E-state index is 12.3. The van der Waals surface area contributed by atoms with Crippen LogP contribution in [0.2, 0.25) is 0 Å². The predicted octanol–water partition coefficient (Wildman–Crippen LogP) is 2.27. The standard InChI is InChI=1S/C9H11F3N2O2/c1-3-16-6(2)14-7(5-15)4-8(13-14)9(10,11)12/h4-6H,3H2,1-2H3/t6-/m1/s1. The van der Waals surface area contributed by atoms with Gasteiger partial charge in [-0.25, -0.2) is 4.68 Å². The van der Waals surface area contributed by atoms with Crippen molar-refractivity contribution in [1.29, 1.82) is 0 Å². The van der Waals surface area contributed by atoms with Crippen LogP contribution < -0.4 is 0 Å². The summed E-state index contributed by atoms with van der Waals surface area (Å²) in [5.41, 5.74) is -1.26. The molecule has 0 spiro atoms. The third-order valence-electron chi connectivity index (χ3n) is 1.93. The highest BCUT2D eigenvalue weighted by molar-refractivity contribution is 5.72. The van der Waals surface area contributed by atoms with E-state index in [0.717, 1.165) is 4.68 Å². The van der Waals surface area contributed by atoms with Crippen LogP contribution in [0, 0.1) is 0 Å². The summed E-state index contributed by atoms with van der Waals surface area (Å²) in [6, 6.07) is 0.697. The zero-order valence-corrected chi connectivity index (χ0v) is 8.78. The molecular weight excluding hydrogens is 225 g/mol. The van der Waals surface area contributed by atoms with Crippen LogP contribution in [0.1, 0.15) is 36.3 Å². The number of alkyl halides is 3. The van der Waals surface area contributed by atoms with Gasteiger partial charge in [-0.15, -0.1) is 0 Å². The topological polar surface area (TPSA) is 44.1 Å². The Kier molecular flexibility index (Phi) is 3.69. The van der Waals surface area contributed by atoms with Gasteiger partial charge in [-0.05, 0) is 19.9 Å². The number of aromatic nitrogens is 2. The molecule has 0 saturated heterocycles. The number of carbonyl (C=O) groups excluding carboxylic acids is 1. The van der Waals surface area contributed by atoms with E-state index in [-0.39, 0.29) is 5.69 Å². The molecule has 7 heteroatoms. The molecular formula is C9H11F3N2O2. The van der Waals surface area contributed by atoms with Gasteiger partial charge in [-0.1, -0.05) is 0 Å². The third kappa shape index (κ3) is 2.60. The van der Waals surface area contributed by atoms with Crippen LogP contribution in [0.3, 0.4) is 0 Å². The van der Waals surface area contributed by atoms with Gasteiger partial charge in [0, 0.05) is 6.61 Å². The molecule has 1 rings (SSSR count). The van der Waals surface area contributed by atoms with E-state index in [0.29, 0.717) is 19.0 Å². The Morgan fingerprint density at radius 2 is 2.25 bits per heavy atom. The molecule has 0 aliphatic carbocycles. The molecule has 0 N–H and O–H groups in total. The van der Waals surface area contributed by atoms with Gasteiger partial charge in [0.25, 0.3) is 0 Å². The normalized spacial score (nSPS) is 13.8. The van der Waals surface area contributed by atoms with E-state index in [9.17, 15) is 18.0 Å². The molecule has 4 nitrogen and oxygen atoms in total. The molecule has 1 atom stereocenters. The van der Waals surface area contributed by atoms with Crippen LogP contribution in [0.15, 0.2) is 6.07 Å². The minimum Gasteiger partial charge on any atom is -0.357 e. The Morgan fingerprint density at radius 3 is 2.69 bits per heavy atom. The van der Waals surface area contributed by atoms with E-state index in [1.807, 2.05) is 0 Å². The van der Waals surface area contributed by atoms with E-state index >= 15 is 0 Å². The van der Waals surface area contributed by atoms with Gasteiger partial charge < -0.3 is 4.74 Å². The van der Waals surface area contributed by atoms with E-state index in [2.05, 4.69) is 5.10 Å². The summed E-state index contributed by atoms with van der Waals surface area (Å²) in [5.74, 6) is 0. The summed E-state index contributed by atoms with van der Waals surface area (Å²) in [5, 5.41) is 3.31. The summed E-state index contributed by atoms with van der Waals surface area (Å²) in [6.07, 6.45) is -4.95. The van der Waals surface area contributed by atoms with Gasteiger partial charge in [0.05, 0.1) is 0 Å². The zero-order valence-electron chi connectivity index (χ0n) is 8.78. The van der Waals surface area contributed by atoms with E-state index < -0.39 is 18.1 Å². The number of carbonyl (C=O) groups is 1. The number of hydrogen-bond donors (Lipinski definition) is 0. The van der Waals surface area contributed by atoms with Crippen molar-refractivity contribution in [2.45, 2.75) is 26.3 Å². The third-order valence-corrected chi connectivity index (χ3v) is 1.93. The monoisotopic (exact) mass is 236 g/mol. The highest BCUT2D eigenvalue weighted by Gasteiger charge is 2.35. The number of aldehydes is 1. The first-order valence-electron chi connectivity index (χ1n) is 4.63. The second kappa shape index (κ2) is 4.65. The fourth-order valence-electron chi connectivity index (χ4n) is 1.24. The smallest absolute Gasteiger partial charge is 0.357 e. The zero-order chi connectivity index (χ0) is 12.3. The lowest BCUT2D eigenvalue weighted by atomic mass is 10.3. The highest BCUT2D eigenvalue weighted by atomic mass is 19.4. The molecule has 0 aliphatic heterocycles. The van der Waals surface area contributed by atoms with Crippen molar-refractivity contribution in [2.24, 2.45) is 0 Å². The summed E-state index contributed by atoms with van der Waals surface area (Å²) in [4.78, 5) is 10.6. The summed E-state index contributed by atoms with van der Waals surface area (Å²) >= 11 is 0. The van der Waals surface area contributed by atoms with E-state index in [4.69, 9.17) is 4.74 Å². The van der Waals surface area contributed by atoms with Crippen molar-refractivity contribution in [3.8, 4) is 0 Å². The minimum atomic E-state index is -4.56. The van der Waals surface area contributed by atoms with Gasteiger partial charge in [-0.2, -0.15) is 18.3 Å². The van der Waals surface area contributed by atoms with Gasteiger partial charge >= 0.3 is 6.18 Å². The Balaban J connectivity index is 3.09. The average molecular weight is 236 g/mol. The molecule has 0 aromatic carbocycles. The first kappa shape index (κ1) is 12.7. The van der Waals surface area contributed by atoms with Crippen molar-refractivity contribution in [2.75, 3.05) is 6.61 Å². The molecule has 0 fully saturated rings. The lowest BCUT2D eigenvalue weighted by molar-refractivity contribution is -0.142. The minimum absolute atomic E-state index is 0.159. The lowest BCUT2D eigenvalue weighted by Crippen LogP contribution is -2.15. The summed E-state index contributed by atoms with van der Waals surface area (Å²) in [6.45, 7) is 3.54. The number of hydrogen-bond acceptors (Lipinski definition) is 3. The van der Waals surface area contributed by atoms with Crippen LogP contribution in [0.25, 0.3) is 0 Å². The second-order valence-corrected chi connectivity index (χ2v) is 3.07. The Labute approximate surface area is 90.0 Å². The first-order chi connectivity index (χ1) is 7.40. The highest BCUT2D eigenvalue weighted by Crippen LogP contribution is 2.29. The molecule has 16 heavy (non-hydrogen) atoms. The Morgan fingerprint density at radius 1 is 1.62 bits per heavy atom. The molecule has 1 aromatic heterocycles. The molecule has 0 saturated carbocycles. The molecule has 90 valence electrons. The molecule has 0 aliphatic rings. The van der Waals surface area contributed by atoms with Gasteiger partial charge in [0.15, 0.2) is 12.0 Å². The number of nitrogens with zero attached hydrogens (tertiary/aromatic N) is 2. The molecule has 0 unspecified atom stereocenters. The summed E-state index contributed by atoms with van der Waals surface area (Å²) < 4.78 is 43.0. The molecule has 0 amide bonds. The molecule has 0 bridgehead atoms. The fraction of sp³-hybridized carbons (Fsp3) is 0.556. The largest absolute Gasteiger partial charge is 0.435 e. The molecule has 1 heterocycles. The second-order valence-electron chi connectivity index (χ2n) is 3.07. The maximum Gasteiger partial charge on any atom is 0.435 e. The van der Waals surface area contributed by atoms with Crippen LogP contribution in [-0.4, -0.2) is 22.7 Å². The Hall–Kier alpha value is -1.37. The molecule has 0 radical (unpaired) electrons. The first-order valence-corrected chi connectivity index (χ1v) is 4.63. The van der Waals surface area contributed by atoms with Crippen LogP contribution in [-0.2, 0) is 10.9 Å². The van der Waals surface area contributed by atoms with E-state index in [1.165, 1.54) is 6.92 Å². The predicted molar refractivity (Wildman–Crippen MR) is 49.0 cm³/mol. The van der Waals surface area contributed by atoms with Crippen LogP contribution in [0.5, 0.6) is 0 Å². The number of halogens is 3. The van der Waals surface area contributed by atoms with Crippen molar-refractivity contribution in [3.63, 3.8) is 0 Å². The summed E-state index contributed by atoms with van der Waals surface area (Å²) in [7, 11) is 0. The van der Waals surface area contributed by atoms with Crippen LogP contribution >= 0.6 is 0 Å². The quantitative estimate of drug-likeness (QED) is 0.753. The van der Waals surface area contributed by atoms with E-state index in [1.54, 1.807) is 6.92 Å². The van der Waals surface area contributed by atoms with Crippen LogP contribution in [0.4, 0.5) is 13.2 Å². The SMILES string of the molecule is CCO[C@H](C)n1nc(C(F)(F)F)cc1C=O. The van der Waals surface area contributed by atoms with Gasteiger partial charge in [0.2, 0.25) is 0 Å². The Bertz CT molecular complexity index is 373. The molecule has 1 aromatic rings.